The fourth-order valence-electron chi connectivity index (χ4n) is 2.64. The Balaban J connectivity index is 1.57. The molecule has 0 radical (unpaired) electrons. The van der Waals surface area contributed by atoms with E-state index >= 15 is 0 Å². The number of rotatable bonds is 3. The quantitative estimate of drug-likeness (QED) is 0.749. The van der Waals surface area contributed by atoms with Crippen LogP contribution in [-0.2, 0) is 6.54 Å². The molecule has 2 heterocycles. The van der Waals surface area contributed by atoms with Gasteiger partial charge in [-0.25, -0.2) is 4.98 Å². The Morgan fingerprint density at radius 2 is 2.08 bits per heavy atom. The number of carbonyl (C=O) groups is 1. The average molecular weight is 356 g/mol. The predicted molar refractivity (Wildman–Crippen MR) is 97.8 cm³/mol. The minimum atomic E-state index is -0.183. The van der Waals surface area contributed by atoms with Crippen molar-refractivity contribution < 1.29 is 4.79 Å². The van der Waals surface area contributed by atoms with Crippen molar-refractivity contribution in [1.29, 1.82) is 0 Å². The summed E-state index contributed by atoms with van der Waals surface area (Å²) >= 11 is 7.71. The fourth-order valence-corrected chi connectivity index (χ4v) is 3.77. The van der Waals surface area contributed by atoms with E-state index < -0.39 is 0 Å². The van der Waals surface area contributed by atoms with Crippen LogP contribution in [0.1, 0.15) is 10.4 Å². The molecule has 0 aliphatic carbocycles. The maximum Gasteiger partial charge on any atom is 0.255 e. The minimum Gasteiger partial charge on any atom is -0.325 e. The van der Waals surface area contributed by atoms with Gasteiger partial charge in [-0.05, 0) is 30.3 Å². The lowest BCUT2D eigenvalue weighted by molar-refractivity contribution is 0.102. The van der Waals surface area contributed by atoms with Crippen molar-refractivity contribution in [1.82, 2.24) is 9.55 Å². The van der Waals surface area contributed by atoms with Crippen LogP contribution < -0.4 is 5.32 Å². The normalized spacial score (nSPS) is 12.9. The molecule has 1 aliphatic rings. The van der Waals surface area contributed by atoms with Gasteiger partial charge in [0, 0.05) is 40.3 Å². The van der Waals surface area contributed by atoms with Crippen LogP contribution >= 0.6 is 23.4 Å². The first kappa shape index (κ1) is 15.3. The molecule has 1 aromatic heterocycles. The Kier molecular flexibility index (Phi) is 4.04. The van der Waals surface area contributed by atoms with Crippen molar-refractivity contribution >= 4 is 35.0 Å². The van der Waals surface area contributed by atoms with Gasteiger partial charge in [-0.15, -0.1) is 0 Å². The summed E-state index contributed by atoms with van der Waals surface area (Å²) in [6.07, 6.45) is 2.06. The molecule has 0 fully saturated rings. The molecule has 1 amide bonds. The SMILES string of the molecule is O=C(Nc1cccc(-c2cn3c(n2)SCC3)c1)c1cccc(Cl)c1. The number of amides is 1. The van der Waals surface area contributed by atoms with Crippen LogP contribution in [0.3, 0.4) is 0 Å². The number of benzene rings is 2. The molecule has 2 aromatic carbocycles. The summed E-state index contributed by atoms with van der Waals surface area (Å²) in [6, 6.07) is 14.6. The molecule has 0 bridgehead atoms. The summed E-state index contributed by atoms with van der Waals surface area (Å²) in [5, 5.41) is 4.50. The predicted octanol–water partition coefficient (Wildman–Crippen LogP) is 4.56. The second kappa shape index (κ2) is 6.34. The molecule has 4 rings (SSSR count). The molecule has 1 aliphatic heterocycles. The monoisotopic (exact) mass is 355 g/mol. The van der Waals surface area contributed by atoms with Gasteiger partial charge in [-0.2, -0.15) is 0 Å². The number of hydrogen-bond acceptors (Lipinski definition) is 3. The smallest absolute Gasteiger partial charge is 0.255 e. The van der Waals surface area contributed by atoms with Crippen molar-refractivity contribution in [2.75, 3.05) is 11.1 Å². The number of imidazole rings is 1. The van der Waals surface area contributed by atoms with Crippen LogP contribution in [0.15, 0.2) is 59.9 Å². The number of nitrogens with one attached hydrogen (secondary N) is 1. The summed E-state index contributed by atoms with van der Waals surface area (Å²) in [4.78, 5) is 17.0. The molecular weight excluding hydrogens is 342 g/mol. The number of thioether (sulfide) groups is 1. The Morgan fingerprint density at radius 1 is 1.21 bits per heavy atom. The van der Waals surface area contributed by atoms with E-state index in [4.69, 9.17) is 11.6 Å². The van der Waals surface area contributed by atoms with Crippen LogP contribution in [0.5, 0.6) is 0 Å². The summed E-state index contributed by atoms with van der Waals surface area (Å²) in [6.45, 7) is 0.998. The first-order valence-corrected chi connectivity index (χ1v) is 8.93. The molecule has 6 heteroatoms. The van der Waals surface area contributed by atoms with Crippen molar-refractivity contribution in [2.24, 2.45) is 0 Å². The van der Waals surface area contributed by atoms with E-state index in [1.165, 1.54) is 0 Å². The number of halogens is 1. The molecule has 0 saturated carbocycles. The summed E-state index contributed by atoms with van der Waals surface area (Å²) < 4.78 is 2.16. The van der Waals surface area contributed by atoms with Crippen LogP contribution in [-0.4, -0.2) is 21.2 Å². The number of hydrogen-bond donors (Lipinski definition) is 1. The van der Waals surface area contributed by atoms with Crippen LogP contribution in [0.2, 0.25) is 5.02 Å². The van der Waals surface area contributed by atoms with E-state index in [0.29, 0.717) is 10.6 Å². The molecule has 0 atom stereocenters. The molecule has 0 saturated heterocycles. The highest BCUT2D eigenvalue weighted by molar-refractivity contribution is 7.99. The number of aromatic nitrogens is 2. The molecule has 0 unspecified atom stereocenters. The maximum absolute atomic E-state index is 12.3. The van der Waals surface area contributed by atoms with Gasteiger partial charge in [0.15, 0.2) is 5.16 Å². The van der Waals surface area contributed by atoms with Gasteiger partial charge in [0.25, 0.3) is 5.91 Å². The topological polar surface area (TPSA) is 46.9 Å². The molecule has 1 N–H and O–H groups in total. The number of carbonyl (C=O) groups excluding carboxylic acids is 1. The zero-order chi connectivity index (χ0) is 16.5. The maximum atomic E-state index is 12.3. The fraction of sp³-hybridized carbons (Fsp3) is 0.111. The third kappa shape index (κ3) is 3.05. The standard InChI is InChI=1S/C18H14ClN3OS/c19-14-5-1-4-13(9-14)17(23)20-15-6-2-3-12(10-15)16-11-22-7-8-24-18(22)21-16/h1-6,9-11H,7-8H2,(H,20,23). The van der Waals surface area contributed by atoms with Crippen molar-refractivity contribution in [3.63, 3.8) is 0 Å². The lowest BCUT2D eigenvalue weighted by atomic mass is 10.1. The van der Waals surface area contributed by atoms with Gasteiger partial charge in [-0.1, -0.05) is 41.6 Å². The van der Waals surface area contributed by atoms with Gasteiger partial charge in [-0.3, -0.25) is 4.79 Å². The Hall–Kier alpha value is -2.24. The van der Waals surface area contributed by atoms with Gasteiger partial charge >= 0.3 is 0 Å². The van der Waals surface area contributed by atoms with E-state index in [9.17, 15) is 4.79 Å². The number of anilines is 1. The summed E-state index contributed by atoms with van der Waals surface area (Å²) in [5.74, 6) is 0.899. The van der Waals surface area contributed by atoms with E-state index in [1.807, 2.05) is 24.3 Å². The third-order valence-electron chi connectivity index (χ3n) is 3.81. The van der Waals surface area contributed by atoms with Gasteiger partial charge in [0.05, 0.1) is 5.69 Å². The first-order chi connectivity index (χ1) is 11.7. The lowest BCUT2D eigenvalue weighted by Gasteiger charge is -2.07. The van der Waals surface area contributed by atoms with Crippen LogP contribution in [0, 0.1) is 0 Å². The first-order valence-electron chi connectivity index (χ1n) is 7.56. The highest BCUT2D eigenvalue weighted by Gasteiger charge is 2.15. The molecule has 24 heavy (non-hydrogen) atoms. The summed E-state index contributed by atoms with van der Waals surface area (Å²) in [5.41, 5.74) is 3.18. The van der Waals surface area contributed by atoms with Gasteiger partial charge < -0.3 is 9.88 Å². The van der Waals surface area contributed by atoms with Crippen molar-refractivity contribution in [3.05, 3.63) is 65.3 Å². The molecular formula is C18H14ClN3OS. The zero-order valence-corrected chi connectivity index (χ0v) is 14.3. The number of nitrogens with zero attached hydrogens (tertiary/aromatic N) is 2. The molecule has 4 nitrogen and oxygen atoms in total. The lowest BCUT2D eigenvalue weighted by Crippen LogP contribution is -2.11. The van der Waals surface area contributed by atoms with E-state index in [1.54, 1.807) is 36.0 Å². The highest BCUT2D eigenvalue weighted by atomic mass is 35.5. The van der Waals surface area contributed by atoms with Crippen molar-refractivity contribution in [2.45, 2.75) is 11.7 Å². The minimum absolute atomic E-state index is 0.183. The van der Waals surface area contributed by atoms with Crippen molar-refractivity contribution in [3.8, 4) is 11.3 Å². The van der Waals surface area contributed by atoms with Crippen LogP contribution in [0.4, 0.5) is 5.69 Å². The Labute approximate surface area is 148 Å². The molecule has 120 valence electrons. The van der Waals surface area contributed by atoms with E-state index in [-0.39, 0.29) is 5.91 Å². The molecule has 0 spiro atoms. The van der Waals surface area contributed by atoms with Gasteiger partial charge in [0.1, 0.15) is 0 Å². The second-order valence-corrected chi connectivity index (χ2v) is 6.99. The zero-order valence-electron chi connectivity index (χ0n) is 12.7. The largest absolute Gasteiger partial charge is 0.325 e. The molecule has 3 aromatic rings. The average Bonchev–Trinajstić information content (AvgIpc) is 3.17. The van der Waals surface area contributed by atoms with Gasteiger partial charge in [0.2, 0.25) is 0 Å². The van der Waals surface area contributed by atoms with E-state index in [2.05, 4.69) is 21.1 Å². The van der Waals surface area contributed by atoms with E-state index in [0.717, 1.165) is 34.4 Å². The summed E-state index contributed by atoms with van der Waals surface area (Å²) in [7, 11) is 0. The third-order valence-corrected chi connectivity index (χ3v) is 5.01. The Bertz CT molecular complexity index is 901. The number of aryl methyl sites for hydroxylation is 1. The Morgan fingerprint density at radius 3 is 2.92 bits per heavy atom. The highest BCUT2D eigenvalue weighted by Crippen LogP contribution is 2.30. The number of fused-ring (bicyclic) bond motifs is 1. The second-order valence-electron chi connectivity index (χ2n) is 5.50. The van der Waals surface area contributed by atoms with Crippen LogP contribution in [0.25, 0.3) is 11.3 Å².